The van der Waals surface area contributed by atoms with Crippen molar-refractivity contribution in [2.45, 2.75) is 38.9 Å². The summed E-state index contributed by atoms with van der Waals surface area (Å²) >= 11 is 0. The van der Waals surface area contributed by atoms with E-state index in [-0.39, 0.29) is 0 Å². The molecular weight excluding hydrogens is 387 g/mol. The topological polar surface area (TPSA) is 36.9 Å². The van der Waals surface area contributed by atoms with Crippen molar-refractivity contribution in [2.75, 3.05) is 14.2 Å². The van der Waals surface area contributed by atoms with Crippen molar-refractivity contribution < 1.29 is 18.8 Å². The van der Waals surface area contributed by atoms with E-state index in [2.05, 4.69) is 52.0 Å². The van der Waals surface area contributed by atoms with Crippen LogP contribution >= 0.6 is 0 Å². The molecule has 0 aliphatic carbocycles. The summed E-state index contributed by atoms with van der Waals surface area (Å²) in [6, 6.07) is 22.4. The number of rotatable bonds is 5. The Hall–Kier alpha value is -2.76. The van der Waals surface area contributed by atoms with Gasteiger partial charge in [0.2, 0.25) is 0 Å². The third-order valence-corrected chi connectivity index (χ3v) is 6.35. The number of methoxy groups -OCH3 is 2. The van der Waals surface area contributed by atoms with Gasteiger partial charge in [-0.05, 0) is 33.3 Å². The largest absolute Gasteiger partial charge is 0.498 e. The molecule has 0 unspecified atom stereocenters. The fourth-order valence-electron chi connectivity index (χ4n) is 3.96. The second-order valence-electron chi connectivity index (χ2n) is 8.77. The van der Waals surface area contributed by atoms with Gasteiger partial charge < -0.3 is 18.8 Å². The third kappa shape index (κ3) is 3.73. The lowest BCUT2D eigenvalue weighted by Gasteiger charge is -2.32. The van der Waals surface area contributed by atoms with Gasteiger partial charge in [0.1, 0.15) is 11.5 Å². The van der Waals surface area contributed by atoms with E-state index in [4.69, 9.17) is 18.8 Å². The van der Waals surface area contributed by atoms with Crippen molar-refractivity contribution in [3.8, 4) is 33.8 Å². The predicted octanol–water partition coefficient (Wildman–Crippen LogP) is 5.34. The first-order valence-electron chi connectivity index (χ1n) is 10.5. The van der Waals surface area contributed by atoms with Crippen molar-refractivity contribution in [3.05, 3.63) is 66.7 Å². The van der Waals surface area contributed by atoms with Crippen LogP contribution in [0.5, 0.6) is 11.5 Å². The van der Waals surface area contributed by atoms with Gasteiger partial charge in [0.05, 0.1) is 25.4 Å². The Labute approximate surface area is 185 Å². The van der Waals surface area contributed by atoms with Gasteiger partial charge in [0, 0.05) is 22.2 Å². The minimum atomic E-state index is -0.511. The van der Waals surface area contributed by atoms with Crippen LogP contribution in [-0.4, -0.2) is 32.5 Å². The van der Waals surface area contributed by atoms with Crippen molar-refractivity contribution in [1.29, 1.82) is 0 Å². The van der Waals surface area contributed by atoms with Gasteiger partial charge in [0.15, 0.2) is 0 Å². The summed E-state index contributed by atoms with van der Waals surface area (Å²) in [5.41, 5.74) is 4.04. The average Bonchev–Trinajstić information content (AvgIpc) is 2.99. The summed E-state index contributed by atoms with van der Waals surface area (Å²) in [6.45, 7) is 8.21. The van der Waals surface area contributed by atoms with Gasteiger partial charge in [0.25, 0.3) is 0 Å². The van der Waals surface area contributed by atoms with E-state index in [1.54, 1.807) is 14.2 Å². The molecule has 3 aromatic carbocycles. The molecule has 0 bridgehead atoms. The Kier molecular flexibility index (Phi) is 5.59. The molecule has 3 aromatic rings. The molecule has 0 atom stereocenters. The highest BCUT2D eigenvalue weighted by molar-refractivity contribution is 6.63. The van der Waals surface area contributed by atoms with Crippen LogP contribution in [0.25, 0.3) is 22.3 Å². The van der Waals surface area contributed by atoms with Crippen LogP contribution in [0.1, 0.15) is 27.7 Å². The molecule has 1 fully saturated rings. The van der Waals surface area contributed by atoms with Crippen molar-refractivity contribution in [1.82, 2.24) is 0 Å². The van der Waals surface area contributed by atoms with Crippen LogP contribution in [0.4, 0.5) is 0 Å². The second kappa shape index (κ2) is 8.06. The number of hydrogen-bond acceptors (Lipinski definition) is 4. The number of benzene rings is 3. The fraction of sp³-hybridized carbons (Fsp3) is 0.308. The molecule has 4 nitrogen and oxygen atoms in total. The smallest absolute Gasteiger partial charge is 0.496 e. The normalized spacial score (nSPS) is 16.9. The Morgan fingerprint density at radius 2 is 1.13 bits per heavy atom. The quantitative estimate of drug-likeness (QED) is 0.527. The summed E-state index contributed by atoms with van der Waals surface area (Å²) in [6.07, 6.45) is 0. The molecule has 0 saturated carbocycles. The first-order valence-corrected chi connectivity index (χ1v) is 10.5. The van der Waals surface area contributed by atoms with Crippen molar-refractivity contribution in [3.63, 3.8) is 0 Å². The SMILES string of the molecule is COc1c(B2OC(C)(C)C(C)(C)O2)cccc1-c1cccc(-c2ccccc2)c1OC. The first kappa shape index (κ1) is 21.5. The van der Waals surface area contributed by atoms with Gasteiger partial charge >= 0.3 is 7.12 Å². The Balaban J connectivity index is 1.85. The molecule has 4 rings (SSSR count). The molecule has 1 aliphatic rings. The highest BCUT2D eigenvalue weighted by atomic mass is 16.7. The fourth-order valence-corrected chi connectivity index (χ4v) is 3.96. The van der Waals surface area contributed by atoms with E-state index in [0.717, 1.165) is 39.2 Å². The highest BCUT2D eigenvalue weighted by Gasteiger charge is 2.52. The van der Waals surface area contributed by atoms with E-state index in [1.165, 1.54) is 0 Å². The lowest BCUT2D eigenvalue weighted by molar-refractivity contribution is 0.00578. The van der Waals surface area contributed by atoms with Crippen LogP contribution in [-0.2, 0) is 9.31 Å². The molecule has 0 radical (unpaired) electrons. The second-order valence-corrected chi connectivity index (χ2v) is 8.77. The van der Waals surface area contributed by atoms with Crippen LogP contribution < -0.4 is 14.9 Å². The number of hydrogen-bond donors (Lipinski definition) is 0. The van der Waals surface area contributed by atoms with E-state index >= 15 is 0 Å². The van der Waals surface area contributed by atoms with E-state index in [9.17, 15) is 0 Å². The zero-order valence-electron chi connectivity index (χ0n) is 19.1. The summed E-state index contributed by atoms with van der Waals surface area (Å²) in [5, 5.41) is 0. The zero-order chi connectivity index (χ0) is 22.2. The van der Waals surface area contributed by atoms with E-state index in [0.29, 0.717) is 0 Å². The Bertz CT molecular complexity index is 1060. The zero-order valence-corrected chi connectivity index (χ0v) is 19.1. The Morgan fingerprint density at radius 1 is 0.613 bits per heavy atom. The molecule has 160 valence electrons. The molecule has 0 N–H and O–H groups in total. The standard InChI is InChI=1S/C26H29BO4/c1-25(2)26(3,4)31-27(30-25)22-17-11-16-21(24(22)29-6)20-15-10-14-19(23(20)28-5)18-12-8-7-9-13-18/h7-17H,1-6H3. The minimum Gasteiger partial charge on any atom is -0.496 e. The summed E-state index contributed by atoms with van der Waals surface area (Å²) in [7, 11) is 2.87. The van der Waals surface area contributed by atoms with E-state index < -0.39 is 18.3 Å². The van der Waals surface area contributed by atoms with Crippen molar-refractivity contribution >= 4 is 12.6 Å². The maximum Gasteiger partial charge on any atom is 0.498 e. The van der Waals surface area contributed by atoms with Crippen LogP contribution in [0, 0.1) is 0 Å². The lowest BCUT2D eigenvalue weighted by atomic mass is 9.76. The van der Waals surface area contributed by atoms with Gasteiger partial charge in [-0.25, -0.2) is 0 Å². The highest BCUT2D eigenvalue weighted by Crippen LogP contribution is 2.43. The molecule has 0 aromatic heterocycles. The van der Waals surface area contributed by atoms with Crippen LogP contribution in [0.2, 0.25) is 0 Å². The molecule has 1 aliphatic heterocycles. The van der Waals surface area contributed by atoms with Crippen LogP contribution in [0.3, 0.4) is 0 Å². The maximum absolute atomic E-state index is 6.30. The summed E-state index contributed by atoms with van der Waals surface area (Å²) in [5.74, 6) is 1.53. The first-order chi connectivity index (χ1) is 14.8. The molecular formula is C26H29BO4. The maximum atomic E-state index is 6.30. The Morgan fingerprint density at radius 3 is 1.71 bits per heavy atom. The summed E-state index contributed by atoms with van der Waals surface area (Å²) < 4.78 is 24.4. The summed E-state index contributed by atoms with van der Waals surface area (Å²) in [4.78, 5) is 0. The third-order valence-electron chi connectivity index (χ3n) is 6.35. The van der Waals surface area contributed by atoms with Gasteiger partial charge in [-0.3, -0.25) is 0 Å². The molecule has 0 spiro atoms. The molecule has 31 heavy (non-hydrogen) atoms. The molecule has 1 saturated heterocycles. The minimum absolute atomic E-state index is 0.427. The number of para-hydroxylation sites is 2. The van der Waals surface area contributed by atoms with Gasteiger partial charge in [-0.1, -0.05) is 66.7 Å². The molecule has 0 amide bonds. The van der Waals surface area contributed by atoms with Crippen molar-refractivity contribution in [2.24, 2.45) is 0 Å². The molecule has 1 heterocycles. The monoisotopic (exact) mass is 416 g/mol. The lowest BCUT2D eigenvalue weighted by Crippen LogP contribution is -2.41. The number of ether oxygens (including phenoxy) is 2. The predicted molar refractivity (Wildman–Crippen MR) is 126 cm³/mol. The van der Waals surface area contributed by atoms with E-state index in [1.807, 2.05) is 42.5 Å². The average molecular weight is 416 g/mol. The van der Waals surface area contributed by atoms with Gasteiger partial charge in [-0.15, -0.1) is 0 Å². The van der Waals surface area contributed by atoms with Gasteiger partial charge in [-0.2, -0.15) is 0 Å². The van der Waals surface area contributed by atoms with Crippen LogP contribution in [0.15, 0.2) is 66.7 Å². The molecule has 5 heteroatoms.